The minimum absolute atomic E-state index is 0.167. The lowest BCUT2D eigenvalue weighted by molar-refractivity contribution is -0.130. The van der Waals surface area contributed by atoms with Crippen molar-refractivity contribution in [2.45, 2.75) is 20.3 Å². The number of rotatable bonds is 7. The molecule has 154 valence electrons. The highest BCUT2D eigenvalue weighted by atomic mass is 32.2. The Bertz CT molecular complexity index is 830. The molecule has 1 N–H and O–H groups in total. The van der Waals surface area contributed by atoms with E-state index in [4.69, 9.17) is 4.74 Å². The van der Waals surface area contributed by atoms with Gasteiger partial charge in [0.15, 0.2) is 0 Å². The summed E-state index contributed by atoms with van der Waals surface area (Å²) in [7, 11) is 0. The van der Waals surface area contributed by atoms with Crippen molar-refractivity contribution in [3.63, 3.8) is 0 Å². The smallest absolute Gasteiger partial charge is 0.255 e. The molecule has 6 heteroatoms. The quantitative estimate of drug-likeness (QED) is 0.744. The van der Waals surface area contributed by atoms with E-state index < -0.39 is 0 Å². The first-order chi connectivity index (χ1) is 14.0. The van der Waals surface area contributed by atoms with E-state index in [2.05, 4.69) is 19.2 Å². The number of amides is 2. The van der Waals surface area contributed by atoms with Gasteiger partial charge in [-0.2, -0.15) is 11.8 Å². The lowest BCUT2D eigenvalue weighted by Gasteiger charge is -2.26. The Labute approximate surface area is 176 Å². The molecule has 1 aliphatic rings. The van der Waals surface area contributed by atoms with E-state index in [1.807, 2.05) is 53.1 Å². The van der Waals surface area contributed by atoms with Gasteiger partial charge in [0.05, 0.1) is 13.0 Å². The standard InChI is InChI=1S/C23H28N2O3S/c1-17(2)16-28-21-5-3-4-19(15-21)23(27)24-20-8-6-18(7-9-20)14-22(26)25-10-12-29-13-11-25/h3-9,15,17H,10-14,16H2,1-2H3,(H,24,27). The fourth-order valence-corrected chi connectivity index (χ4v) is 3.90. The number of benzene rings is 2. The maximum atomic E-state index is 12.5. The molecule has 2 aromatic rings. The van der Waals surface area contributed by atoms with Crippen molar-refractivity contribution in [1.29, 1.82) is 0 Å². The van der Waals surface area contributed by atoms with Gasteiger partial charge in [-0.25, -0.2) is 0 Å². The van der Waals surface area contributed by atoms with Crippen molar-refractivity contribution in [2.75, 3.05) is 36.5 Å². The second-order valence-corrected chi connectivity index (χ2v) is 8.78. The molecule has 1 aliphatic heterocycles. The first-order valence-corrected chi connectivity index (χ1v) is 11.2. The van der Waals surface area contributed by atoms with Crippen LogP contribution in [0.5, 0.6) is 5.75 Å². The summed E-state index contributed by atoms with van der Waals surface area (Å²) in [6.07, 6.45) is 0.397. The molecule has 0 radical (unpaired) electrons. The van der Waals surface area contributed by atoms with Crippen LogP contribution in [-0.4, -0.2) is 47.9 Å². The zero-order chi connectivity index (χ0) is 20.6. The minimum atomic E-state index is -0.186. The first kappa shape index (κ1) is 21.2. The first-order valence-electron chi connectivity index (χ1n) is 10.00. The normalized spacial score (nSPS) is 14.0. The van der Waals surface area contributed by atoms with Crippen molar-refractivity contribution >= 4 is 29.3 Å². The van der Waals surface area contributed by atoms with Gasteiger partial charge in [-0.3, -0.25) is 9.59 Å². The molecule has 0 unspecified atom stereocenters. The number of carbonyl (C=O) groups is 2. The van der Waals surface area contributed by atoms with Crippen LogP contribution >= 0.6 is 11.8 Å². The lowest BCUT2D eigenvalue weighted by Crippen LogP contribution is -2.38. The second-order valence-electron chi connectivity index (χ2n) is 7.55. The topological polar surface area (TPSA) is 58.6 Å². The summed E-state index contributed by atoms with van der Waals surface area (Å²) < 4.78 is 5.69. The van der Waals surface area contributed by atoms with E-state index in [1.165, 1.54) is 0 Å². The number of hydrogen-bond acceptors (Lipinski definition) is 4. The molecule has 5 nitrogen and oxygen atoms in total. The molecule has 0 aromatic heterocycles. The third-order valence-corrected chi connectivity index (χ3v) is 5.55. The number of hydrogen-bond donors (Lipinski definition) is 1. The Morgan fingerprint density at radius 2 is 1.83 bits per heavy atom. The number of thioether (sulfide) groups is 1. The monoisotopic (exact) mass is 412 g/mol. The van der Waals surface area contributed by atoms with Crippen molar-refractivity contribution in [3.8, 4) is 5.75 Å². The van der Waals surface area contributed by atoms with E-state index in [9.17, 15) is 9.59 Å². The van der Waals surface area contributed by atoms with E-state index in [1.54, 1.807) is 12.1 Å². The van der Waals surface area contributed by atoms with E-state index in [0.717, 1.165) is 30.2 Å². The molecule has 3 rings (SSSR count). The van der Waals surface area contributed by atoms with Crippen LogP contribution in [0.2, 0.25) is 0 Å². The molecule has 1 fully saturated rings. The molecule has 0 bridgehead atoms. The molecular formula is C23H28N2O3S. The van der Waals surface area contributed by atoms with Gasteiger partial charge in [-0.05, 0) is 41.8 Å². The van der Waals surface area contributed by atoms with Crippen LogP contribution in [0.25, 0.3) is 0 Å². The van der Waals surface area contributed by atoms with Gasteiger partial charge >= 0.3 is 0 Å². The van der Waals surface area contributed by atoms with Crippen LogP contribution in [0, 0.1) is 5.92 Å². The largest absolute Gasteiger partial charge is 0.493 e. The predicted octanol–water partition coefficient (Wildman–Crippen LogP) is 4.09. The molecule has 0 spiro atoms. The van der Waals surface area contributed by atoms with Crippen LogP contribution in [0.4, 0.5) is 5.69 Å². The zero-order valence-electron chi connectivity index (χ0n) is 17.0. The zero-order valence-corrected chi connectivity index (χ0v) is 17.8. The summed E-state index contributed by atoms with van der Waals surface area (Å²) in [6.45, 7) is 6.44. The van der Waals surface area contributed by atoms with Gasteiger partial charge in [0.25, 0.3) is 5.91 Å². The number of nitrogens with one attached hydrogen (secondary N) is 1. The number of anilines is 1. The second kappa shape index (κ2) is 10.3. The average Bonchev–Trinajstić information content (AvgIpc) is 2.74. The highest BCUT2D eigenvalue weighted by Crippen LogP contribution is 2.17. The van der Waals surface area contributed by atoms with Gasteiger partial charge in [-0.15, -0.1) is 0 Å². The fraction of sp³-hybridized carbons (Fsp3) is 0.391. The number of nitrogens with zero attached hydrogens (tertiary/aromatic N) is 1. The summed E-state index contributed by atoms with van der Waals surface area (Å²) in [5.41, 5.74) is 2.21. The Morgan fingerprint density at radius 1 is 1.10 bits per heavy atom. The maximum absolute atomic E-state index is 12.5. The fourth-order valence-electron chi connectivity index (χ4n) is 3.00. The summed E-state index contributed by atoms with van der Waals surface area (Å²) in [6, 6.07) is 14.7. The van der Waals surface area contributed by atoms with Crippen LogP contribution in [0.1, 0.15) is 29.8 Å². The third-order valence-electron chi connectivity index (χ3n) is 4.61. The Morgan fingerprint density at radius 3 is 2.52 bits per heavy atom. The molecule has 0 saturated carbocycles. The SMILES string of the molecule is CC(C)COc1cccc(C(=O)Nc2ccc(CC(=O)N3CCSCC3)cc2)c1. The van der Waals surface area contributed by atoms with Crippen molar-refractivity contribution < 1.29 is 14.3 Å². The molecule has 29 heavy (non-hydrogen) atoms. The van der Waals surface area contributed by atoms with Crippen molar-refractivity contribution in [2.24, 2.45) is 5.92 Å². The highest BCUT2D eigenvalue weighted by molar-refractivity contribution is 7.99. The highest BCUT2D eigenvalue weighted by Gasteiger charge is 2.17. The average molecular weight is 413 g/mol. The van der Waals surface area contributed by atoms with Gasteiger partial charge < -0.3 is 15.0 Å². The molecule has 1 heterocycles. The Hall–Kier alpha value is -2.47. The molecule has 0 atom stereocenters. The van der Waals surface area contributed by atoms with Gasteiger partial charge in [0.1, 0.15) is 5.75 Å². The molecule has 1 saturated heterocycles. The van der Waals surface area contributed by atoms with Crippen LogP contribution < -0.4 is 10.1 Å². The summed E-state index contributed by atoms with van der Waals surface area (Å²) in [5.74, 6) is 3.12. The minimum Gasteiger partial charge on any atom is -0.493 e. The van der Waals surface area contributed by atoms with Gasteiger partial charge in [-0.1, -0.05) is 32.0 Å². The Balaban J connectivity index is 1.55. The Kier molecular flexibility index (Phi) is 7.58. The van der Waals surface area contributed by atoms with Gasteiger partial charge in [0.2, 0.25) is 5.91 Å². The van der Waals surface area contributed by atoms with Gasteiger partial charge in [0, 0.05) is 35.8 Å². The van der Waals surface area contributed by atoms with E-state index in [0.29, 0.717) is 35.9 Å². The summed E-state index contributed by atoms with van der Waals surface area (Å²) >= 11 is 1.89. The van der Waals surface area contributed by atoms with Crippen molar-refractivity contribution in [3.05, 3.63) is 59.7 Å². The third kappa shape index (κ3) is 6.53. The van der Waals surface area contributed by atoms with Crippen molar-refractivity contribution in [1.82, 2.24) is 4.90 Å². The summed E-state index contributed by atoms with van der Waals surface area (Å²) in [4.78, 5) is 26.9. The molecule has 2 amide bonds. The van der Waals surface area contributed by atoms with E-state index >= 15 is 0 Å². The van der Waals surface area contributed by atoms with Crippen LogP contribution in [0.3, 0.4) is 0 Å². The number of ether oxygens (including phenoxy) is 1. The summed E-state index contributed by atoms with van der Waals surface area (Å²) in [5, 5.41) is 2.90. The lowest BCUT2D eigenvalue weighted by atomic mass is 10.1. The number of carbonyl (C=O) groups excluding carboxylic acids is 2. The molecule has 2 aromatic carbocycles. The maximum Gasteiger partial charge on any atom is 0.255 e. The molecule has 0 aliphatic carbocycles. The van der Waals surface area contributed by atoms with Crippen LogP contribution in [-0.2, 0) is 11.2 Å². The van der Waals surface area contributed by atoms with E-state index in [-0.39, 0.29) is 11.8 Å². The van der Waals surface area contributed by atoms with Crippen LogP contribution in [0.15, 0.2) is 48.5 Å². The predicted molar refractivity (Wildman–Crippen MR) is 119 cm³/mol. The molecular weight excluding hydrogens is 384 g/mol.